The van der Waals surface area contributed by atoms with E-state index in [9.17, 15) is 18.3 Å². The fourth-order valence-corrected chi connectivity index (χ4v) is 6.23. The molecular formula is C24H29N3O4S. The zero-order valence-electron chi connectivity index (χ0n) is 18.1. The maximum atomic E-state index is 13.1. The zero-order chi connectivity index (χ0) is 22.8. The van der Waals surface area contributed by atoms with Crippen LogP contribution in [0.25, 0.3) is 6.08 Å². The number of rotatable bonds is 8. The fourth-order valence-electron chi connectivity index (χ4n) is 4.63. The first-order valence-electron chi connectivity index (χ1n) is 10.9. The molecule has 2 aromatic carbocycles. The third-order valence-electron chi connectivity index (χ3n) is 6.55. The number of carboxylic acids is 1. The van der Waals surface area contributed by atoms with Crippen molar-refractivity contribution < 1.29 is 18.3 Å². The summed E-state index contributed by atoms with van der Waals surface area (Å²) < 4.78 is 30.1. The van der Waals surface area contributed by atoms with Gasteiger partial charge in [0.15, 0.2) is 0 Å². The summed E-state index contributed by atoms with van der Waals surface area (Å²) in [5.74, 6) is -1.85. The number of carbonyl (C=O) groups is 1. The molecule has 1 aliphatic heterocycles. The first kappa shape index (κ1) is 22.7. The van der Waals surface area contributed by atoms with Crippen molar-refractivity contribution in [3.05, 3.63) is 77.9 Å². The fraction of sp³-hybridized carbons (Fsp3) is 0.375. The van der Waals surface area contributed by atoms with Crippen LogP contribution in [0.15, 0.2) is 66.7 Å². The van der Waals surface area contributed by atoms with Gasteiger partial charge in [0, 0.05) is 38.6 Å². The van der Waals surface area contributed by atoms with Crippen LogP contribution in [0.2, 0.25) is 0 Å². The smallest absolute Gasteiger partial charge is 0.325 e. The normalized spacial score (nSPS) is 26.9. The maximum absolute atomic E-state index is 13.1. The van der Waals surface area contributed by atoms with Gasteiger partial charge in [-0.25, -0.2) is 0 Å². The Bertz CT molecular complexity index is 1070. The largest absolute Gasteiger partial charge is 0.480 e. The summed E-state index contributed by atoms with van der Waals surface area (Å²) in [6.45, 7) is 4.37. The highest BCUT2D eigenvalue weighted by Gasteiger charge is 2.70. The van der Waals surface area contributed by atoms with Crippen molar-refractivity contribution in [2.24, 2.45) is 5.92 Å². The second-order valence-corrected chi connectivity index (χ2v) is 10.1. The van der Waals surface area contributed by atoms with Gasteiger partial charge >= 0.3 is 5.97 Å². The van der Waals surface area contributed by atoms with Crippen molar-refractivity contribution in [3.8, 4) is 0 Å². The average Bonchev–Trinajstić information content (AvgIpc) is 3.39. The Morgan fingerprint density at radius 3 is 2.25 bits per heavy atom. The van der Waals surface area contributed by atoms with E-state index in [1.165, 1.54) is 4.31 Å². The highest BCUT2D eigenvalue weighted by atomic mass is 32.2. The van der Waals surface area contributed by atoms with Crippen LogP contribution < -0.4 is 4.72 Å². The molecule has 0 aromatic heterocycles. The Hall–Kier alpha value is -2.52. The minimum absolute atomic E-state index is 0.328. The second kappa shape index (κ2) is 9.15. The van der Waals surface area contributed by atoms with E-state index in [2.05, 4.69) is 21.8 Å². The van der Waals surface area contributed by atoms with Crippen molar-refractivity contribution in [1.82, 2.24) is 13.9 Å². The molecule has 4 rings (SSSR count). The van der Waals surface area contributed by atoms with Gasteiger partial charge in [-0.2, -0.15) is 17.4 Å². The molecule has 3 atom stereocenters. The van der Waals surface area contributed by atoms with Gasteiger partial charge < -0.3 is 5.11 Å². The minimum atomic E-state index is -3.93. The molecule has 2 aliphatic rings. The number of nitrogens with zero attached hydrogens (tertiary/aromatic N) is 2. The van der Waals surface area contributed by atoms with Crippen molar-refractivity contribution in [3.63, 3.8) is 0 Å². The first-order chi connectivity index (χ1) is 15.3. The van der Waals surface area contributed by atoms with Crippen LogP contribution in [0, 0.1) is 5.92 Å². The third-order valence-corrected chi connectivity index (χ3v) is 8.20. The van der Waals surface area contributed by atoms with Gasteiger partial charge in [-0.3, -0.25) is 9.69 Å². The molecule has 2 aromatic rings. The Labute approximate surface area is 189 Å². The number of hydrogen-bond donors (Lipinski definition) is 2. The molecule has 1 unspecified atom stereocenters. The Kier molecular flexibility index (Phi) is 6.48. The van der Waals surface area contributed by atoms with E-state index in [1.807, 2.05) is 60.7 Å². The molecule has 0 spiro atoms. The summed E-state index contributed by atoms with van der Waals surface area (Å²) in [7, 11) is -3.93. The highest BCUT2D eigenvalue weighted by molar-refractivity contribution is 7.87. The number of carboxylic acid groups (broad SMARTS) is 1. The van der Waals surface area contributed by atoms with Crippen LogP contribution in [0.1, 0.15) is 24.0 Å². The van der Waals surface area contributed by atoms with Crippen molar-refractivity contribution in [2.45, 2.75) is 18.4 Å². The molecule has 32 heavy (non-hydrogen) atoms. The van der Waals surface area contributed by atoms with E-state index >= 15 is 0 Å². The molecule has 7 nitrogen and oxygen atoms in total. The van der Waals surface area contributed by atoms with Gasteiger partial charge in [0.1, 0.15) is 5.54 Å². The van der Waals surface area contributed by atoms with Gasteiger partial charge in [0.05, 0.1) is 0 Å². The summed E-state index contributed by atoms with van der Waals surface area (Å²) in [6, 6.07) is 19.3. The standard InChI is InChI=1S/C24H29N3O4S/c1-19-22(21-12-6-3-7-13-21)24(19,23(28)29)25-32(30,31)27-17-15-26(16-18-27)14-8-11-20-9-4-2-5-10-20/h2-13,19,22,25H,14-18H2,1H3,(H,28,29)/b11-8+/t19?,22-,24-/m0/s1. The van der Waals surface area contributed by atoms with E-state index in [0.29, 0.717) is 26.2 Å². The van der Waals surface area contributed by atoms with Gasteiger partial charge in [-0.1, -0.05) is 79.7 Å². The van der Waals surface area contributed by atoms with Gasteiger partial charge in [-0.15, -0.1) is 0 Å². The first-order valence-corrected chi connectivity index (χ1v) is 12.3. The zero-order valence-corrected chi connectivity index (χ0v) is 18.9. The van der Waals surface area contributed by atoms with Crippen LogP contribution in [-0.4, -0.2) is 67.0 Å². The van der Waals surface area contributed by atoms with Crippen LogP contribution in [0.3, 0.4) is 0 Å². The second-order valence-electron chi connectivity index (χ2n) is 8.47. The van der Waals surface area contributed by atoms with Crippen molar-refractivity contribution in [1.29, 1.82) is 0 Å². The predicted octanol–water partition coefficient (Wildman–Crippen LogP) is 2.41. The summed E-state index contributed by atoms with van der Waals surface area (Å²) >= 11 is 0. The molecule has 1 saturated heterocycles. The Morgan fingerprint density at radius 1 is 1.06 bits per heavy atom. The monoisotopic (exact) mass is 455 g/mol. The molecule has 0 amide bonds. The van der Waals surface area contributed by atoms with E-state index in [1.54, 1.807) is 6.92 Å². The van der Waals surface area contributed by atoms with Gasteiger partial charge in [-0.05, 0) is 17.0 Å². The van der Waals surface area contributed by atoms with Gasteiger partial charge in [0.2, 0.25) is 0 Å². The molecule has 1 saturated carbocycles. The lowest BCUT2D eigenvalue weighted by atomic mass is 10.1. The third kappa shape index (κ3) is 4.49. The summed E-state index contributed by atoms with van der Waals surface area (Å²) in [6.07, 6.45) is 4.13. The number of benzene rings is 2. The molecule has 1 aliphatic carbocycles. The van der Waals surface area contributed by atoms with Crippen molar-refractivity contribution in [2.75, 3.05) is 32.7 Å². The maximum Gasteiger partial charge on any atom is 0.325 e. The Morgan fingerprint density at radius 2 is 1.66 bits per heavy atom. The molecule has 8 heteroatoms. The summed E-state index contributed by atoms with van der Waals surface area (Å²) in [5, 5.41) is 9.94. The summed E-state index contributed by atoms with van der Waals surface area (Å²) in [5.41, 5.74) is 0.457. The van der Waals surface area contributed by atoms with Crippen LogP contribution in [-0.2, 0) is 15.0 Å². The van der Waals surface area contributed by atoms with Crippen LogP contribution in [0.4, 0.5) is 0 Å². The molecule has 0 radical (unpaired) electrons. The number of hydrogen-bond acceptors (Lipinski definition) is 4. The van der Waals surface area contributed by atoms with Crippen LogP contribution in [0.5, 0.6) is 0 Å². The molecule has 1 heterocycles. The lowest BCUT2D eigenvalue weighted by Crippen LogP contribution is -2.56. The van der Waals surface area contributed by atoms with E-state index < -0.39 is 21.7 Å². The van der Waals surface area contributed by atoms with Crippen LogP contribution >= 0.6 is 0 Å². The molecule has 0 bridgehead atoms. The Balaban J connectivity index is 1.37. The van der Waals surface area contributed by atoms with Crippen molar-refractivity contribution >= 4 is 22.3 Å². The van der Waals surface area contributed by atoms with Gasteiger partial charge in [0.25, 0.3) is 10.2 Å². The molecule has 2 N–H and O–H groups in total. The predicted molar refractivity (Wildman–Crippen MR) is 124 cm³/mol. The lowest BCUT2D eigenvalue weighted by Gasteiger charge is -2.34. The molecule has 170 valence electrons. The van der Waals surface area contributed by atoms with E-state index in [4.69, 9.17) is 0 Å². The number of nitrogens with one attached hydrogen (secondary N) is 1. The topological polar surface area (TPSA) is 90.0 Å². The number of aliphatic carboxylic acids is 1. The SMILES string of the molecule is CC1[C@@H](c2ccccc2)[C@]1(NS(=O)(=O)N1CCN(C/C=C/c2ccccc2)CC1)C(=O)O. The average molecular weight is 456 g/mol. The number of piperazine rings is 1. The molecule has 2 fully saturated rings. The quantitative estimate of drug-likeness (QED) is 0.638. The highest BCUT2D eigenvalue weighted by Crippen LogP contribution is 2.57. The summed E-state index contributed by atoms with van der Waals surface area (Å²) in [4.78, 5) is 14.3. The molecular weight excluding hydrogens is 426 g/mol. The lowest BCUT2D eigenvalue weighted by molar-refractivity contribution is -0.140. The van der Waals surface area contributed by atoms with E-state index in [-0.39, 0.29) is 11.8 Å². The van der Waals surface area contributed by atoms with E-state index in [0.717, 1.165) is 17.7 Å². The minimum Gasteiger partial charge on any atom is -0.480 e.